The zero-order valence-corrected chi connectivity index (χ0v) is 9.95. The number of amides is 1. The molecule has 4 heteroatoms. The first-order valence-electron chi connectivity index (χ1n) is 6.19. The van der Waals surface area contributed by atoms with Gasteiger partial charge in [0.1, 0.15) is 6.04 Å². The van der Waals surface area contributed by atoms with Crippen LogP contribution >= 0.6 is 0 Å². The Kier molecular flexibility index (Phi) is 5.29. The molecule has 1 N–H and O–H groups in total. The van der Waals surface area contributed by atoms with Crippen molar-refractivity contribution in [1.29, 1.82) is 0 Å². The molecule has 0 aromatic rings. The van der Waals surface area contributed by atoms with Crippen LogP contribution in [0.2, 0.25) is 0 Å². The quantitative estimate of drug-likeness (QED) is 0.731. The normalized spacial score (nSPS) is 20.8. The van der Waals surface area contributed by atoms with Crippen molar-refractivity contribution in [3.05, 3.63) is 0 Å². The van der Waals surface area contributed by atoms with Crippen LogP contribution in [0.25, 0.3) is 0 Å². The number of nitrogens with zero attached hydrogens (tertiary/aromatic N) is 1. The number of unbranched alkanes of at least 4 members (excludes halogenated alkanes) is 2. The predicted molar refractivity (Wildman–Crippen MR) is 61.1 cm³/mol. The molecule has 0 saturated carbocycles. The minimum absolute atomic E-state index is 0.0144. The van der Waals surface area contributed by atoms with Crippen molar-refractivity contribution in [3.8, 4) is 0 Å². The van der Waals surface area contributed by atoms with E-state index in [1.807, 2.05) is 0 Å². The van der Waals surface area contributed by atoms with Gasteiger partial charge in [0.2, 0.25) is 5.91 Å². The molecule has 0 bridgehead atoms. The number of carboxylic acid groups (broad SMARTS) is 1. The average molecular weight is 227 g/mol. The van der Waals surface area contributed by atoms with Crippen LogP contribution in [0.5, 0.6) is 0 Å². The molecule has 1 aliphatic heterocycles. The molecular weight excluding hydrogens is 206 g/mol. The Morgan fingerprint density at radius 2 is 2.06 bits per heavy atom. The molecule has 0 aliphatic carbocycles. The minimum Gasteiger partial charge on any atom is -0.480 e. The highest BCUT2D eigenvalue weighted by atomic mass is 16.4. The van der Waals surface area contributed by atoms with E-state index >= 15 is 0 Å². The lowest BCUT2D eigenvalue weighted by atomic mass is 10.0. The summed E-state index contributed by atoms with van der Waals surface area (Å²) in [5.41, 5.74) is 0. The Balaban J connectivity index is 2.47. The van der Waals surface area contributed by atoms with Crippen LogP contribution in [-0.4, -0.2) is 34.5 Å². The number of carbonyl (C=O) groups excluding carboxylic acids is 1. The Hall–Kier alpha value is -1.06. The molecule has 0 unspecified atom stereocenters. The number of carboxylic acids is 1. The van der Waals surface area contributed by atoms with Gasteiger partial charge in [-0.15, -0.1) is 0 Å². The molecular formula is C12H21NO3. The largest absolute Gasteiger partial charge is 0.480 e. The van der Waals surface area contributed by atoms with Gasteiger partial charge >= 0.3 is 5.97 Å². The molecule has 1 atom stereocenters. The van der Waals surface area contributed by atoms with E-state index < -0.39 is 12.0 Å². The minimum atomic E-state index is -0.858. The standard InChI is InChI=1S/C12H21NO3/c1-2-3-4-8-11(14)13-9-6-5-7-10(13)12(15)16/h10H,2-9H2,1H3,(H,15,16)/t10-/m0/s1. The summed E-state index contributed by atoms with van der Waals surface area (Å²) < 4.78 is 0. The first-order valence-corrected chi connectivity index (χ1v) is 6.19. The maximum Gasteiger partial charge on any atom is 0.326 e. The molecule has 0 radical (unpaired) electrons. The van der Waals surface area contributed by atoms with Crippen molar-refractivity contribution in [2.75, 3.05) is 6.54 Å². The molecule has 92 valence electrons. The monoisotopic (exact) mass is 227 g/mol. The highest BCUT2D eigenvalue weighted by molar-refractivity contribution is 5.83. The summed E-state index contributed by atoms with van der Waals surface area (Å²) in [6.45, 7) is 2.70. The molecule has 1 fully saturated rings. The van der Waals surface area contributed by atoms with Gasteiger partial charge in [0.05, 0.1) is 0 Å². The summed E-state index contributed by atoms with van der Waals surface area (Å²) in [5, 5.41) is 9.04. The molecule has 1 saturated heterocycles. The Morgan fingerprint density at radius 1 is 1.31 bits per heavy atom. The van der Waals surface area contributed by atoms with Gasteiger partial charge in [-0.25, -0.2) is 4.79 Å². The summed E-state index contributed by atoms with van der Waals surface area (Å²) in [7, 11) is 0. The Morgan fingerprint density at radius 3 is 2.69 bits per heavy atom. The van der Waals surface area contributed by atoms with Crippen molar-refractivity contribution >= 4 is 11.9 Å². The van der Waals surface area contributed by atoms with Crippen molar-refractivity contribution < 1.29 is 14.7 Å². The number of piperidine rings is 1. The van der Waals surface area contributed by atoms with Crippen molar-refractivity contribution in [3.63, 3.8) is 0 Å². The molecule has 1 aliphatic rings. The number of hydrogen-bond acceptors (Lipinski definition) is 2. The van der Waals surface area contributed by atoms with Crippen LogP contribution in [0.4, 0.5) is 0 Å². The third kappa shape index (κ3) is 3.51. The maximum absolute atomic E-state index is 11.9. The van der Waals surface area contributed by atoms with E-state index in [0.29, 0.717) is 19.4 Å². The van der Waals surface area contributed by atoms with E-state index in [0.717, 1.165) is 32.1 Å². The summed E-state index contributed by atoms with van der Waals surface area (Å²) in [4.78, 5) is 24.4. The van der Waals surface area contributed by atoms with Gasteiger partial charge in [-0.1, -0.05) is 19.8 Å². The molecule has 0 aromatic carbocycles. The number of likely N-dealkylation sites (tertiary alicyclic amines) is 1. The first kappa shape index (κ1) is 13.0. The van der Waals surface area contributed by atoms with E-state index in [1.54, 1.807) is 4.90 Å². The summed E-state index contributed by atoms with van der Waals surface area (Å²) in [6.07, 6.45) is 5.94. The van der Waals surface area contributed by atoms with Crippen molar-refractivity contribution in [2.45, 2.75) is 57.9 Å². The highest BCUT2D eigenvalue weighted by Gasteiger charge is 2.31. The third-order valence-corrected chi connectivity index (χ3v) is 3.10. The number of aliphatic carboxylic acids is 1. The molecule has 0 aromatic heterocycles. The summed E-state index contributed by atoms with van der Waals surface area (Å²) in [5.74, 6) is -0.843. The van der Waals surface area contributed by atoms with Crippen molar-refractivity contribution in [2.24, 2.45) is 0 Å². The van der Waals surface area contributed by atoms with E-state index in [1.165, 1.54) is 0 Å². The predicted octanol–water partition coefficient (Wildman–Crippen LogP) is 2.03. The molecule has 16 heavy (non-hydrogen) atoms. The summed E-state index contributed by atoms with van der Waals surface area (Å²) >= 11 is 0. The van der Waals surface area contributed by atoms with Crippen LogP contribution in [0, 0.1) is 0 Å². The molecule has 4 nitrogen and oxygen atoms in total. The van der Waals surface area contributed by atoms with Crippen LogP contribution in [0.15, 0.2) is 0 Å². The Labute approximate surface area is 96.6 Å². The fourth-order valence-electron chi connectivity index (χ4n) is 2.16. The summed E-state index contributed by atoms with van der Waals surface area (Å²) in [6, 6.07) is -0.581. The second kappa shape index (κ2) is 6.51. The van der Waals surface area contributed by atoms with Crippen LogP contribution in [-0.2, 0) is 9.59 Å². The zero-order valence-electron chi connectivity index (χ0n) is 9.95. The van der Waals surface area contributed by atoms with Gasteiger partial charge in [0.25, 0.3) is 0 Å². The first-order chi connectivity index (χ1) is 7.66. The lowest BCUT2D eigenvalue weighted by Gasteiger charge is -2.33. The van der Waals surface area contributed by atoms with E-state index in [4.69, 9.17) is 5.11 Å². The van der Waals surface area contributed by atoms with Crippen molar-refractivity contribution in [1.82, 2.24) is 4.90 Å². The lowest BCUT2D eigenvalue weighted by molar-refractivity contribution is -0.152. The van der Waals surface area contributed by atoms with E-state index in [-0.39, 0.29) is 5.91 Å². The number of carbonyl (C=O) groups is 2. The average Bonchev–Trinajstić information content (AvgIpc) is 2.29. The van der Waals surface area contributed by atoms with E-state index in [9.17, 15) is 9.59 Å². The van der Waals surface area contributed by atoms with Gasteiger partial charge in [0.15, 0.2) is 0 Å². The number of hydrogen-bond donors (Lipinski definition) is 1. The second-order valence-corrected chi connectivity index (χ2v) is 4.39. The molecule has 1 amide bonds. The van der Waals surface area contributed by atoms with Crippen LogP contribution in [0.1, 0.15) is 51.9 Å². The molecule has 1 rings (SSSR count). The number of rotatable bonds is 5. The van der Waals surface area contributed by atoms with Gasteiger partial charge in [-0.2, -0.15) is 0 Å². The Bertz CT molecular complexity index is 253. The smallest absolute Gasteiger partial charge is 0.326 e. The topological polar surface area (TPSA) is 57.6 Å². The molecule has 1 heterocycles. The van der Waals surface area contributed by atoms with Crippen LogP contribution < -0.4 is 0 Å². The van der Waals surface area contributed by atoms with Gasteiger partial charge in [-0.05, 0) is 25.7 Å². The molecule has 0 spiro atoms. The third-order valence-electron chi connectivity index (χ3n) is 3.10. The fourth-order valence-corrected chi connectivity index (χ4v) is 2.16. The fraction of sp³-hybridized carbons (Fsp3) is 0.833. The SMILES string of the molecule is CCCCCC(=O)N1CCCC[C@H]1C(=O)O. The second-order valence-electron chi connectivity index (χ2n) is 4.39. The van der Waals surface area contributed by atoms with E-state index in [2.05, 4.69) is 6.92 Å². The lowest BCUT2D eigenvalue weighted by Crippen LogP contribution is -2.47. The highest BCUT2D eigenvalue weighted by Crippen LogP contribution is 2.18. The van der Waals surface area contributed by atoms with Gasteiger partial charge in [-0.3, -0.25) is 4.79 Å². The maximum atomic E-state index is 11.9. The van der Waals surface area contributed by atoms with Gasteiger partial charge in [0, 0.05) is 13.0 Å². The van der Waals surface area contributed by atoms with Gasteiger partial charge < -0.3 is 10.0 Å². The van der Waals surface area contributed by atoms with Crippen LogP contribution in [0.3, 0.4) is 0 Å². The zero-order chi connectivity index (χ0) is 12.0.